The summed E-state index contributed by atoms with van der Waals surface area (Å²) in [5.74, 6) is -0.986. The summed E-state index contributed by atoms with van der Waals surface area (Å²) in [5, 5.41) is 5.19. The maximum Gasteiger partial charge on any atom is 0.255 e. The van der Waals surface area contributed by atoms with Crippen LogP contribution in [0.3, 0.4) is 0 Å². The van der Waals surface area contributed by atoms with E-state index < -0.39 is 5.82 Å². The van der Waals surface area contributed by atoms with E-state index in [4.69, 9.17) is 0 Å². The van der Waals surface area contributed by atoms with Gasteiger partial charge in [-0.3, -0.25) is 9.59 Å². The molecular formula is C15H12BrFN2O2. The fourth-order valence-electron chi connectivity index (χ4n) is 1.69. The first kappa shape index (κ1) is 15.2. The lowest BCUT2D eigenvalue weighted by Gasteiger charge is -2.07. The molecule has 2 rings (SSSR count). The lowest BCUT2D eigenvalue weighted by atomic mass is 10.1. The highest BCUT2D eigenvalue weighted by atomic mass is 79.9. The molecule has 2 aromatic rings. The first-order valence-corrected chi connectivity index (χ1v) is 6.89. The van der Waals surface area contributed by atoms with Crippen LogP contribution in [0.1, 0.15) is 20.7 Å². The minimum absolute atomic E-state index is 0.199. The van der Waals surface area contributed by atoms with Crippen LogP contribution in [0.25, 0.3) is 0 Å². The van der Waals surface area contributed by atoms with E-state index in [1.54, 1.807) is 31.3 Å². The minimum atomic E-state index is -0.429. The van der Waals surface area contributed by atoms with Crippen molar-refractivity contribution >= 4 is 33.4 Å². The average Bonchev–Trinajstić information content (AvgIpc) is 2.50. The SMILES string of the molecule is CNC(=O)c1ccc(NC(=O)c2ccc(F)c(Br)c2)cc1. The topological polar surface area (TPSA) is 58.2 Å². The molecule has 2 N–H and O–H groups in total. The molecule has 0 unspecified atom stereocenters. The Morgan fingerprint density at radius 2 is 1.62 bits per heavy atom. The molecule has 0 aliphatic carbocycles. The lowest BCUT2D eigenvalue weighted by Crippen LogP contribution is -2.17. The summed E-state index contributed by atoms with van der Waals surface area (Å²) in [6.45, 7) is 0. The molecule has 0 aliphatic heterocycles. The molecule has 2 amide bonds. The first-order valence-electron chi connectivity index (χ1n) is 6.10. The lowest BCUT2D eigenvalue weighted by molar-refractivity contribution is 0.0962. The molecule has 0 aromatic heterocycles. The first-order chi connectivity index (χ1) is 10.0. The quantitative estimate of drug-likeness (QED) is 0.892. The molecular weight excluding hydrogens is 339 g/mol. The molecule has 0 radical (unpaired) electrons. The summed E-state index contributed by atoms with van der Waals surface area (Å²) < 4.78 is 13.4. The molecule has 0 heterocycles. The van der Waals surface area contributed by atoms with Crippen molar-refractivity contribution < 1.29 is 14.0 Å². The number of hydrogen-bond acceptors (Lipinski definition) is 2. The van der Waals surface area contributed by atoms with E-state index in [2.05, 4.69) is 26.6 Å². The highest BCUT2D eigenvalue weighted by Gasteiger charge is 2.09. The van der Waals surface area contributed by atoms with Gasteiger partial charge in [0, 0.05) is 23.9 Å². The monoisotopic (exact) mass is 350 g/mol. The van der Waals surface area contributed by atoms with Crippen LogP contribution >= 0.6 is 15.9 Å². The van der Waals surface area contributed by atoms with Crippen LogP contribution in [-0.2, 0) is 0 Å². The largest absolute Gasteiger partial charge is 0.355 e. The second kappa shape index (κ2) is 6.49. The van der Waals surface area contributed by atoms with Crippen LogP contribution in [0.15, 0.2) is 46.9 Å². The predicted octanol–water partition coefficient (Wildman–Crippen LogP) is 3.20. The molecule has 0 aliphatic rings. The molecule has 0 fully saturated rings. The normalized spacial score (nSPS) is 10.0. The van der Waals surface area contributed by atoms with Crippen LogP contribution in [0.4, 0.5) is 10.1 Å². The fourth-order valence-corrected chi connectivity index (χ4v) is 2.07. The van der Waals surface area contributed by atoms with E-state index in [-0.39, 0.29) is 16.3 Å². The van der Waals surface area contributed by atoms with E-state index in [1.165, 1.54) is 18.2 Å². The number of rotatable bonds is 3. The zero-order chi connectivity index (χ0) is 15.4. The van der Waals surface area contributed by atoms with Gasteiger partial charge in [-0.1, -0.05) is 0 Å². The van der Waals surface area contributed by atoms with Crippen molar-refractivity contribution in [3.8, 4) is 0 Å². The van der Waals surface area contributed by atoms with Crippen molar-refractivity contribution in [3.63, 3.8) is 0 Å². The number of benzene rings is 2. The van der Waals surface area contributed by atoms with E-state index in [9.17, 15) is 14.0 Å². The van der Waals surface area contributed by atoms with E-state index in [0.29, 0.717) is 16.8 Å². The fraction of sp³-hybridized carbons (Fsp3) is 0.0667. The summed E-state index contributed by atoms with van der Waals surface area (Å²) >= 11 is 3.03. The number of carbonyl (C=O) groups excluding carboxylic acids is 2. The Hall–Kier alpha value is -2.21. The maximum atomic E-state index is 13.1. The van der Waals surface area contributed by atoms with Crippen molar-refractivity contribution in [3.05, 3.63) is 63.9 Å². The molecule has 0 atom stereocenters. The Balaban J connectivity index is 2.12. The van der Waals surface area contributed by atoms with Gasteiger partial charge >= 0.3 is 0 Å². The number of hydrogen-bond donors (Lipinski definition) is 2. The molecule has 21 heavy (non-hydrogen) atoms. The highest BCUT2D eigenvalue weighted by molar-refractivity contribution is 9.10. The summed E-state index contributed by atoms with van der Waals surface area (Å²) in [5.41, 5.74) is 1.38. The van der Waals surface area contributed by atoms with Crippen molar-refractivity contribution in [2.24, 2.45) is 0 Å². The van der Waals surface area contributed by atoms with Crippen LogP contribution in [0, 0.1) is 5.82 Å². The average molecular weight is 351 g/mol. The number of amides is 2. The smallest absolute Gasteiger partial charge is 0.255 e. The Kier molecular flexibility index (Phi) is 4.70. The van der Waals surface area contributed by atoms with Gasteiger partial charge in [0.1, 0.15) is 5.82 Å². The molecule has 0 saturated heterocycles. The predicted molar refractivity (Wildman–Crippen MR) is 81.9 cm³/mol. The standard InChI is InChI=1S/C15H12BrFN2O2/c1-18-14(20)9-2-5-11(6-3-9)19-15(21)10-4-7-13(17)12(16)8-10/h2-8H,1H3,(H,18,20)(H,19,21). The molecule has 2 aromatic carbocycles. The molecule has 6 heteroatoms. The van der Waals surface area contributed by atoms with Crippen molar-refractivity contribution in [1.82, 2.24) is 5.32 Å². The minimum Gasteiger partial charge on any atom is -0.355 e. The van der Waals surface area contributed by atoms with Crippen molar-refractivity contribution in [2.45, 2.75) is 0 Å². The second-order valence-corrected chi connectivity index (χ2v) is 5.09. The number of halogens is 2. The summed E-state index contributed by atoms with van der Waals surface area (Å²) in [6.07, 6.45) is 0. The molecule has 4 nitrogen and oxygen atoms in total. The van der Waals surface area contributed by atoms with Gasteiger partial charge in [0.25, 0.3) is 11.8 Å². The van der Waals surface area contributed by atoms with Crippen LogP contribution in [-0.4, -0.2) is 18.9 Å². The van der Waals surface area contributed by atoms with Gasteiger partial charge in [0.2, 0.25) is 0 Å². The van der Waals surface area contributed by atoms with Gasteiger partial charge < -0.3 is 10.6 Å². The second-order valence-electron chi connectivity index (χ2n) is 4.24. The van der Waals surface area contributed by atoms with Gasteiger partial charge in [-0.2, -0.15) is 0 Å². The number of nitrogens with one attached hydrogen (secondary N) is 2. The van der Waals surface area contributed by atoms with E-state index >= 15 is 0 Å². The Bertz CT molecular complexity index is 687. The summed E-state index contributed by atoms with van der Waals surface area (Å²) in [4.78, 5) is 23.4. The Morgan fingerprint density at radius 3 is 2.19 bits per heavy atom. The third kappa shape index (κ3) is 3.66. The zero-order valence-corrected chi connectivity index (χ0v) is 12.7. The van der Waals surface area contributed by atoms with Gasteiger partial charge in [-0.05, 0) is 58.4 Å². The van der Waals surface area contributed by atoms with Gasteiger partial charge in [0.05, 0.1) is 4.47 Å². The number of carbonyl (C=O) groups is 2. The van der Waals surface area contributed by atoms with Crippen LogP contribution in [0.2, 0.25) is 0 Å². The Labute approximate surface area is 129 Å². The van der Waals surface area contributed by atoms with Crippen molar-refractivity contribution in [1.29, 1.82) is 0 Å². The third-order valence-corrected chi connectivity index (χ3v) is 3.42. The molecule has 0 saturated carbocycles. The molecule has 0 bridgehead atoms. The molecule has 0 spiro atoms. The highest BCUT2D eigenvalue weighted by Crippen LogP contribution is 2.18. The zero-order valence-electron chi connectivity index (χ0n) is 11.1. The van der Waals surface area contributed by atoms with Crippen molar-refractivity contribution in [2.75, 3.05) is 12.4 Å². The van der Waals surface area contributed by atoms with Gasteiger partial charge in [-0.25, -0.2) is 4.39 Å². The Morgan fingerprint density at radius 1 is 1.00 bits per heavy atom. The van der Waals surface area contributed by atoms with Crippen LogP contribution in [0.5, 0.6) is 0 Å². The maximum absolute atomic E-state index is 13.1. The van der Waals surface area contributed by atoms with Gasteiger partial charge in [-0.15, -0.1) is 0 Å². The van der Waals surface area contributed by atoms with Crippen LogP contribution < -0.4 is 10.6 Å². The summed E-state index contributed by atoms with van der Waals surface area (Å²) in [7, 11) is 1.55. The van der Waals surface area contributed by atoms with E-state index in [1.807, 2.05) is 0 Å². The third-order valence-electron chi connectivity index (χ3n) is 2.81. The van der Waals surface area contributed by atoms with E-state index in [0.717, 1.165) is 0 Å². The summed E-state index contributed by atoms with van der Waals surface area (Å²) in [6, 6.07) is 10.5. The van der Waals surface area contributed by atoms with Gasteiger partial charge in [0.15, 0.2) is 0 Å². The number of anilines is 1. The molecule has 108 valence electrons.